The van der Waals surface area contributed by atoms with Gasteiger partial charge in [0.15, 0.2) is 0 Å². The molecule has 1 atom stereocenters. The maximum Gasteiger partial charge on any atom is 0.418 e. The van der Waals surface area contributed by atoms with E-state index >= 15 is 0 Å². The first-order chi connectivity index (χ1) is 8.55. The molecular weight excluding hydrogens is 241 g/mol. The molecule has 1 fully saturated rings. The molecule has 18 heavy (non-hydrogen) atoms. The maximum absolute atomic E-state index is 12.9. The number of halogens is 3. The number of para-hydroxylation sites is 1. The summed E-state index contributed by atoms with van der Waals surface area (Å²) in [6.07, 6.45) is -3.34. The van der Waals surface area contributed by atoms with Crippen molar-refractivity contribution in [2.75, 3.05) is 13.1 Å². The van der Waals surface area contributed by atoms with Crippen molar-refractivity contribution in [3.63, 3.8) is 0 Å². The monoisotopic (exact) mass is 254 g/mol. The van der Waals surface area contributed by atoms with Crippen LogP contribution in [-0.4, -0.2) is 18.1 Å². The SMILES string of the molecule is FC(F)(F)c1cccc2cc(C3CCNC3)[nH]c12. The molecule has 0 spiro atoms. The van der Waals surface area contributed by atoms with E-state index in [-0.39, 0.29) is 5.52 Å². The van der Waals surface area contributed by atoms with Gasteiger partial charge in [-0.05, 0) is 25.1 Å². The Hall–Kier alpha value is -1.49. The van der Waals surface area contributed by atoms with Crippen molar-refractivity contribution in [1.82, 2.24) is 10.3 Å². The van der Waals surface area contributed by atoms with Crippen LogP contribution in [0.3, 0.4) is 0 Å². The van der Waals surface area contributed by atoms with E-state index in [0.29, 0.717) is 11.3 Å². The Balaban J connectivity index is 2.11. The Morgan fingerprint density at radius 1 is 1.22 bits per heavy atom. The minimum absolute atomic E-state index is 0.201. The molecule has 2 N–H and O–H groups in total. The van der Waals surface area contributed by atoms with Crippen LogP contribution < -0.4 is 5.32 Å². The lowest BCUT2D eigenvalue weighted by atomic mass is 10.1. The topological polar surface area (TPSA) is 27.8 Å². The summed E-state index contributed by atoms with van der Waals surface area (Å²) in [4.78, 5) is 2.95. The summed E-state index contributed by atoms with van der Waals surface area (Å²) in [6, 6.07) is 6.13. The zero-order chi connectivity index (χ0) is 12.8. The number of aromatic amines is 1. The summed E-state index contributed by atoms with van der Waals surface area (Å²) in [5, 5.41) is 3.85. The Labute approximate surface area is 102 Å². The molecule has 1 saturated heterocycles. The van der Waals surface area contributed by atoms with Crippen molar-refractivity contribution in [1.29, 1.82) is 0 Å². The Kier molecular flexibility index (Phi) is 2.59. The fourth-order valence-corrected chi connectivity index (χ4v) is 2.55. The van der Waals surface area contributed by atoms with Crippen LogP contribution in [0.1, 0.15) is 23.6 Å². The predicted octanol–water partition coefficient (Wildman–Crippen LogP) is 3.26. The predicted molar refractivity (Wildman–Crippen MR) is 63.5 cm³/mol. The number of aromatic nitrogens is 1. The van der Waals surface area contributed by atoms with E-state index in [0.717, 1.165) is 31.3 Å². The molecule has 5 heteroatoms. The minimum atomic E-state index is -4.31. The van der Waals surface area contributed by atoms with Crippen LogP contribution in [0.5, 0.6) is 0 Å². The number of hydrogen-bond donors (Lipinski definition) is 2. The van der Waals surface area contributed by atoms with Gasteiger partial charge in [0.2, 0.25) is 0 Å². The Morgan fingerprint density at radius 2 is 2.06 bits per heavy atom. The first-order valence-electron chi connectivity index (χ1n) is 5.95. The number of alkyl halides is 3. The number of nitrogens with one attached hydrogen (secondary N) is 2. The van der Waals surface area contributed by atoms with Crippen LogP contribution in [-0.2, 0) is 6.18 Å². The van der Waals surface area contributed by atoms with Gasteiger partial charge in [-0.3, -0.25) is 0 Å². The van der Waals surface area contributed by atoms with Gasteiger partial charge in [0.25, 0.3) is 0 Å². The van der Waals surface area contributed by atoms with Gasteiger partial charge >= 0.3 is 6.18 Å². The summed E-state index contributed by atoms with van der Waals surface area (Å²) in [5.74, 6) is 0.290. The molecular formula is C13H13F3N2. The average molecular weight is 254 g/mol. The Bertz CT molecular complexity index is 565. The molecule has 2 aromatic rings. The second-order valence-electron chi connectivity index (χ2n) is 4.68. The summed E-state index contributed by atoms with van der Waals surface area (Å²) < 4.78 is 38.6. The molecule has 3 rings (SSSR count). The lowest BCUT2D eigenvalue weighted by Gasteiger charge is -2.08. The zero-order valence-corrected chi connectivity index (χ0v) is 9.64. The van der Waals surface area contributed by atoms with Crippen LogP contribution in [0.25, 0.3) is 10.9 Å². The molecule has 96 valence electrons. The fourth-order valence-electron chi connectivity index (χ4n) is 2.55. The standard InChI is InChI=1S/C13H13F3N2/c14-13(15,16)10-3-1-2-8-6-11(18-12(8)10)9-4-5-17-7-9/h1-3,6,9,17-18H,4-5,7H2. The van der Waals surface area contributed by atoms with E-state index in [1.165, 1.54) is 6.07 Å². The third-order valence-corrected chi connectivity index (χ3v) is 3.48. The molecule has 1 aromatic heterocycles. The number of H-pyrrole nitrogens is 1. The zero-order valence-electron chi connectivity index (χ0n) is 9.64. The highest BCUT2D eigenvalue weighted by atomic mass is 19.4. The van der Waals surface area contributed by atoms with E-state index in [2.05, 4.69) is 10.3 Å². The maximum atomic E-state index is 12.9. The van der Waals surface area contributed by atoms with Crippen LogP contribution in [0.2, 0.25) is 0 Å². The smallest absolute Gasteiger partial charge is 0.358 e. The molecule has 1 aromatic carbocycles. The molecule has 0 bridgehead atoms. The second kappa shape index (κ2) is 4.02. The minimum Gasteiger partial charge on any atom is -0.358 e. The number of benzene rings is 1. The van der Waals surface area contributed by atoms with Crippen molar-refractivity contribution in [2.45, 2.75) is 18.5 Å². The van der Waals surface area contributed by atoms with Crippen molar-refractivity contribution < 1.29 is 13.2 Å². The van der Waals surface area contributed by atoms with Crippen LogP contribution in [0.4, 0.5) is 13.2 Å². The fraction of sp³-hybridized carbons (Fsp3) is 0.385. The van der Waals surface area contributed by atoms with E-state index in [1.807, 2.05) is 6.07 Å². The summed E-state index contributed by atoms with van der Waals surface area (Å²) in [5.41, 5.74) is 0.510. The van der Waals surface area contributed by atoms with Gasteiger partial charge in [-0.2, -0.15) is 13.2 Å². The lowest BCUT2D eigenvalue weighted by Crippen LogP contribution is -2.08. The summed E-state index contributed by atoms with van der Waals surface area (Å²) in [6.45, 7) is 1.75. The normalized spacial score (nSPS) is 20.7. The van der Waals surface area contributed by atoms with Crippen LogP contribution in [0, 0.1) is 0 Å². The first kappa shape index (κ1) is 11.6. The molecule has 1 aliphatic rings. The molecule has 2 nitrogen and oxygen atoms in total. The van der Waals surface area contributed by atoms with Crippen molar-refractivity contribution in [3.8, 4) is 0 Å². The highest BCUT2D eigenvalue weighted by Gasteiger charge is 2.33. The van der Waals surface area contributed by atoms with E-state index in [1.54, 1.807) is 6.07 Å². The van der Waals surface area contributed by atoms with Crippen molar-refractivity contribution >= 4 is 10.9 Å². The highest BCUT2D eigenvalue weighted by molar-refractivity contribution is 5.84. The number of hydrogen-bond acceptors (Lipinski definition) is 1. The summed E-state index contributed by atoms with van der Waals surface area (Å²) in [7, 11) is 0. The van der Waals surface area contributed by atoms with Crippen molar-refractivity contribution in [2.24, 2.45) is 0 Å². The molecule has 0 amide bonds. The molecule has 1 aliphatic heterocycles. The average Bonchev–Trinajstić information content (AvgIpc) is 2.95. The quantitative estimate of drug-likeness (QED) is 0.803. The van der Waals surface area contributed by atoms with E-state index in [4.69, 9.17) is 0 Å². The number of rotatable bonds is 1. The number of fused-ring (bicyclic) bond motifs is 1. The van der Waals surface area contributed by atoms with Gasteiger partial charge in [-0.15, -0.1) is 0 Å². The van der Waals surface area contributed by atoms with Gasteiger partial charge < -0.3 is 10.3 Å². The van der Waals surface area contributed by atoms with Crippen LogP contribution >= 0.6 is 0 Å². The van der Waals surface area contributed by atoms with Crippen molar-refractivity contribution in [3.05, 3.63) is 35.5 Å². The van der Waals surface area contributed by atoms with Crippen LogP contribution in [0.15, 0.2) is 24.3 Å². The third-order valence-electron chi connectivity index (χ3n) is 3.48. The molecule has 0 saturated carbocycles. The highest BCUT2D eigenvalue weighted by Crippen LogP contribution is 2.36. The van der Waals surface area contributed by atoms with Gasteiger partial charge in [-0.1, -0.05) is 12.1 Å². The van der Waals surface area contributed by atoms with Gasteiger partial charge in [0.1, 0.15) is 0 Å². The third kappa shape index (κ3) is 1.88. The van der Waals surface area contributed by atoms with Gasteiger partial charge in [0, 0.05) is 23.5 Å². The van der Waals surface area contributed by atoms with Gasteiger partial charge in [0.05, 0.1) is 11.1 Å². The van der Waals surface area contributed by atoms with Gasteiger partial charge in [-0.25, -0.2) is 0 Å². The molecule has 2 heterocycles. The Morgan fingerprint density at radius 3 is 2.72 bits per heavy atom. The van der Waals surface area contributed by atoms with E-state index in [9.17, 15) is 13.2 Å². The molecule has 0 aliphatic carbocycles. The first-order valence-corrected chi connectivity index (χ1v) is 5.95. The molecule has 0 radical (unpaired) electrons. The largest absolute Gasteiger partial charge is 0.418 e. The lowest BCUT2D eigenvalue weighted by molar-refractivity contribution is -0.136. The second-order valence-corrected chi connectivity index (χ2v) is 4.68. The van der Waals surface area contributed by atoms with E-state index < -0.39 is 11.7 Å². The molecule has 1 unspecified atom stereocenters. The summed E-state index contributed by atoms with van der Waals surface area (Å²) >= 11 is 0.